The summed E-state index contributed by atoms with van der Waals surface area (Å²) in [5.41, 5.74) is 42.7. The number of aryl methyl sites for hydroxylation is 4. The predicted octanol–water partition coefficient (Wildman–Crippen LogP) is 31.0. The second kappa shape index (κ2) is 39.9. The maximum absolute atomic E-state index is 2.39. The smallest absolute Gasteiger partial charge is 0.0612 e. The lowest BCUT2D eigenvalue weighted by atomic mass is 9.87. The van der Waals surface area contributed by atoms with Gasteiger partial charge < -0.3 is 27.4 Å². The molecule has 1 aliphatic rings. The van der Waals surface area contributed by atoms with Crippen molar-refractivity contribution in [2.24, 2.45) is 14.1 Å². The van der Waals surface area contributed by atoms with Gasteiger partial charge in [-0.1, -0.05) is 317 Å². The van der Waals surface area contributed by atoms with Gasteiger partial charge in [-0.05, 0) is 258 Å². The van der Waals surface area contributed by atoms with E-state index < -0.39 is 0 Å². The van der Waals surface area contributed by atoms with Gasteiger partial charge >= 0.3 is 0 Å². The van der Waals surface area contributed by atoms with Gasteiger partial charge in [0.05, 0.1) is 17.1 Å². The number of rotatable bonds is 13. The summed E-state index contributed by atoms with van der Waals surface area (Å²) >= 11 is 0. The topological polar surface area (TPSA) is 29.6 Å². The molecule has 0 spiro atoms. The molecule has 610 valence electrons. The van der Waals surface area contributed by atoms with Crippen LogP contribution in [0.2, 0.25) is 0 Å². The van der Waals surface area contributed by atoms with Crippen molar-refractivity contribution in [2.75, 3.05) is 0 Å². The Hall–Kier alpha value is -13.7. The number of para-hydroxylation sites is 4. The number of aromatic nitrogens is 6. The Balaban J connectivity index is 0.000000121. The molecule has 6 heterocycles. The molecule has 19 rings (SSSR count). The van der Waals surface area contributed by atoms with Crippen molar-refractivity contribution >= 4 is 0 Å². The maximum atomic E-state index is 2.39. The van der Waals surface area contributed by atoms with Crippen LogP contribution in [0.15, 0.2) is 382 Å². The average Bonchev–Trinajstić information content (AvgIpc) is 1.59. The van der Waals surface area contributed by atoms with Crippen LogP contribution in [0.5, 0.6) is 0 Å². The third-order valence-electron chi connectivity index (χ3n) is 24.8. The van der Waals surface area contributed by atoms with Crippen LogP contribution in [0.3, 0.4) is 0 Å². The van der Waals surface area contributed by atoms with Crippen molar-refractivity contribution in [2.45, 2.75) is 121 Å². The Morgan fingerprint density at radius 2 is 0.607 bits per heavy atom. The predicted molar refractivity (Wildman–Crippen MR) is 520 cm³/mol. The van der Waals surface area contributed by atoms with E-state index in [1.165, 1.54) is 212 Å². The first kappa shape index (κ1) is 84.8. The van der Waals surface area contributed by atoms with E-state index in [4.69, 9.17) is 0 Å². The van der Waals surface area contributed by atoms with E-state index in [2.05, 4.69) is 501 Å². The minimum atomic E-state index is 0.834. The second-order valence-electron chi connectivity index (χ2n) is 32.4. The fraction of sp³-hybridized carbons (Fsp3) is 0.172. The highest BCUT2D eigenvalue weighted by molar-refractivity contribution is 5.88. The van der Waals surface area contributed by atoms with E-state index in [-0.39, 0.29) is 0 Å². The third-order valence-corrected chi connectivity index (χ3v) is 24.8. The fourth-order valence-corrected chi connectivity index (χ4v) is 17.2. The Labute approximate surface area is 725 Å². The molecule has 18 aromatic rings. The van der Waals surface area contributed by atoms with Gasteiger partial charge in [-0.25, -0.2) is 0 Å². The van der Waals surface area contributed by atoms with Gasteiger partial charge in [0.25, 0.3) is 0 Å². The zero-order valence-electron chi connectivity index (χ0n) is 73.7. The van der Waals surface area contributed by atoms with Crippen molar-refractivity contribution in [3.63, 3.8) is 0 Å². The number of hydrogen-bond donors (Lipinski definition) is 0. The molecule has 0 N–H and O–H groups in total. The normalized spacial score (nSPS) is 11.7. The van der Waals surface area contributed by atoms with Crippen molar-refractivity contribution in [3.05, 3.63) is 456 Å². The summed E-state index contributed by atoms with van der Waals surface area (Å²) in [5, 5.41) is 0. The molecule has 0 amide bonds. The van der Waals surface area contributed by atoms with Crippen molar-refractivity contribution in [3.8, 4) is 112 Å². The first-order chi connectivity index (χ1) is 59.4. The van der Waals surface area contributed by atoms with E-state index in [0.717, 1.165) is 5.92 Å². The zero-order chi connectivity index (χ0) is 85.2. The van der Waals surface area contributed by atoms with Crippen LogP contribution in [-0.2, 0) is 14.1 Å². The van der Waals surface area contributed by atoms with Gasteiger partial charge in [-0.15, -0.1) is 0 Å². The van der Waals surface area contributed by atoms with Gasteiger partial charge in [0, 0.05) is 111 Å². The largest absolute Gasteiger partial charge is 0.354 e. The van der Waals surface area contributed by atoms with Gasteiger partial charge in [0.1, 0.15) is 0 Å². The van der Waals surface area contributed by atoms with Crippen LogP contribution in [0.25, 0.3) is 112 Å². The van der Waals surface area contributed by atoms with Crippen LogP contribution >= 0.6 is 0 Å². The zero-order valence-corrected chi connectivity index (χ0v) is 73.7. The van der Waals surface area contributed by atoms with Crippen molar-refractivity contribution in [1.82, 2.24) is 27.4 Å². The molecule has 0 saturated heterocycles. The highest BCUT2D eigenvalue weighted by Crippen LogP contribution is 2.43. The summed E-state index contributed by atoms with van der Waals surface area (Å²) in [6.07, 6.45) is 11.5. The Morgan fingerprint density at radius 1 is 0.238 bits per heavy atom. The highest BCUT2D eigenvalue weighted by atomic mass is 15.0. The molecule has 0 bridgehead atoms. The quantitative estimate of drug-likeness (QED) is 0.110. The third kappa shape index (κ3) is 19.3. The molecule has 0 atom stereocenters. The Kier molecular flexibility index (Phi) is 27.7. The summed E-state index contributed by atoms with van der Waals surface area (Å²) in [4.78, 5) is 0. The fourth-order valence-electron chi connectivity index (χ4n) is 17.2. The molecule has 6 nitrogen and oxygen atoms in total. The molecule has 1 saturated carbocycles. The van der Waals surface area contributed by atoms with Crippen molar-refractivity contribution in [1.29, 1.82) is 0 Å². The van der Waals surface area contributed by atoms with E-state index in [0.29, 0.717) is 0 Å². The second-order valence-corrected chi connectivity index (χ2v) is 32.4. The number of nitrogens with zero attached hydrogens (tertiary/aromatic N) is 6. The van der Waals surface area contributed by atoms with E-state index >= 15 is 0 Å². The summed E-state index contributed by atoms with van der Waals surface area (Å²) in [7, 11) is 4.32. The lowest BCUT2D eigenvalue weighted by Gasteiger charge is -2.22. The minimum Gasteiger partial charge on any atom is -0.354 e. The lowest BCUT2D eigenvalue weighted by molar-refractivity contribution is 0.428. The molecule has 1 aliphatic carbocycles. The SMILES string of the molecule is Cc1c(-c2cccc(-c3ccccc3)c2)cn(C)c1C.Cc1c(-c2ccccc2)c(-c2ccccc2)n(-c2ccccc2)c1C.Cc1c(-c2ccccc2)cn(-c2ccccc2)c1C.Cc1cc(-c2ccccc2)n(-c2ccccc2)c1C.Cc1cc(-c2ccccc2-c2ccccc2)n(-c2ccccc2)c1C.Cc1cc(C2CCCCC2)n(C)c1C. The maximum Gasteiger partial charge on any atom is 0.0612 e. The van der Waals surface area contributed by atoms with Gasteiger partial charge in [-0.2, -0.15) is 0 Å². The molecule has 0 radical (unpaired) electrons. The molecular formula is C116H116N6. The molecule has 1 fully saturated rings. The molecule has 0 aliphatic heterocycles. The molecule has 6 heteroatoms. The van der Waals surface area contributed by atoms with E-state index in [1.807, 2.05) is 6.07 Å². The van der Waals surface area contributed by atoms with Gasteiger partial charge in [-0.3, -0.25) is 0 Å². The average molecular weight is 1590 g/mol. The van der Waals surface area contributed by atoms with E-state index in [1.54, 1.807) is 5.69 Å². The van der Waals surface area contributed by atoms with Gasteiger partial charge in [0.15, 0.2) is 0 Å². The van der Waals surface area contributed by atoms with Gasteiger partial charge in [0.2, 0.25) is 0 Å². The van der Waals surface area contributed by atoms with Crippen LogP contribution < -0.4 is 0 Å². The molecule has 6 aromatic heterocycles. The van der Waals surface area contributed by atoms with Crippen LogP contribution in [0, 0.1) is 83.1 Å². The summed E-state index contributed by atoms with van der Waals surface area (Å²) in [5.74, 6) is 0.834. The standard InChI is InChI=1S/2C24H21N.C19H19N.2C18H17N.C13H21N/c1-18-19(2)25(22-16-10-5-11-17-22)24(21-14-8-4-9-15-21)23(18)20-12-6-3-7-13-20;1-18-17-24(25(19(18)2)21-13-7-4-8-14-21)23-16-10-9-15-22(23)20-11-5-3-6-12-20;1-14-15(2)20(3)13-19(14)18-11-7-10-17(12-18)16-8-5-4-6-9-16;1-14-15(2)19(17-11-7-4-8-12-17)13-18(14)16-9-5-3-6-10-16;1-14-13-18(16-9-5-3-6-10-16)19(15(14)2)17-11-7-4-8-12-17;1-10-9-13(14(3)11(10)2)12-7-5-4-6-8-12/h2*3-17H,1-2H3;4-13H,1-3H3;2*3-13H,1-2H3;9,12H,4-8H2,1-3H3. The monoisotopic (exact) mass is 1590 g/mol. The first-order valence-electron chi connectivity index (χ1n) is 43.2. The van der Waals surface area contributed by atoms with Crippen LogP contribution in [0.4, 0.5) is 0 Å². The Morgan fingerprint density at radius 3 is 1.08 bits per heavy atom. The highest BCUT2D eigenvalue weighted by Gasteiger charge is 2.24. The van der Waals surface area contributed by atoms with Crippen molar-refractivity contribution < 1.29 is 0 Å². The van der Waals surface area contributed by atoms with Crippen LogP contribution in [0.1, 0.15) is 111 Å². The Bertz CT molecular complexity index is 6250. The molecular weight excluding hydrogens is 1480 g/mol. The van der Waals surface area contributed by atoms with Crippen LogP contribution in [-0.4, -0.2) is 27.4 Å². The molecule has 12 aromatic carbocycles. The number of hydrogen-bond acceptors (Lipinski definition) is 0. The van der Waals surface area contributed by atoms with E-state index in [9.17, 15) is 0 Å². The lowest BCUT2D eigenvalue weighted by Crippen LogP contribution is -2.09. The first-order valence-corrected chi connectivity index (χ1v) is 43.2. The molecule has 0 unspecified atom stereocenters. The minimum absolute atomic E-state index is 0.834. The summed E-state index contributed by atoms with van der Waals surface area (Å²) in [6.45, 7) is 26.3. The summed E-state index contributed by atoms with van der Waals surface area (Å²) in [6, 6.07) is 130. The summed E-state index contributed by atoms with van der Waals surface area (Å²) < 4.78 is 13.9. The number of benzene rings is 12. The molecule has 122 heavy (non-hydrogen) atoms.